The largest absolute Gasteiger partial charge is 0.365 e. The SMILES string of the molecule is CC(C)(C)Nc1nc(NCC2CCC(CNS(=O)(=O)c3ccc(C(C)(C)C)cc3)CC2)nc2ccccc12. The van der Waals surface area contributed by atoms with E-state index < -0.39 is 10.0 Å². The van der Waals surface area contributed by atoms with Crippen LogP contribution in [0.2, 0.25) is 0 Å². The van der Waals surface area contributed by atoms with Gasteiger partial charge in [-0.05, 0) is 93.5 Å². The van der Waals surface area contributed by atoms with Gasteiger partial charge in [0.25, 0.3) is 0 Å². The molecule has 206 valence electrons. The smallest absolute Gasteiger partial charge is 0.240 e. The van der Waals surface area contributed by atoms with Crippen molar-refractivity contribution in [3.05, 3.63) is 54.1 Å². The van der Waals surface area contributed by atoms with Crippen LogP contribution in [0.3, 0.4) is 0 Å². The molecule has 0 atom stereocenters. The predicted octanol–water partition coefficient (Wildman–Crippen LogP) is 6.33. The van der Waals surface area contributed by atoms with Crippen molar-refractivity contribution < 1.29 is 8.42 Å². The van der Waals surface area contributed by atoms with E-state index in [0.717, 1.165) is 54.5 Å². The van der Waals surface area contributed by atoms with E-state index in [9.17, 15) is 8.42 Å². The summed E-state index contributed by atoms with van der Waals surface area (Å²) in [7, 11) is -3.50. The first-order chi connectivity index (χ1) is 17.8. The summed E-state index contributed by atoms with van der Waals surface area (Å²) in [5, 5.41) is 7.99. The average Bonchev–Trinajstić information content (AvgIpc) is 2.85. The fourth-order valence-corrected chi connectivity index (χ4v) is 6.04. The quantitative estimate of drug-likeness (QED) is 0.311. The minimum absolute atomic E-state index is 0.00472. The van der Waals surface area contributed by atoms with Gasteiger partial charge in [0.2, 0.25) is 16.0 Å². The summed E-state index contributed by atoms with van der Waals surface area (Å²) in [5.41, 5.74) is 1.93. The van der Waals surface area contributed by atoms with Gasteiger partial charge >= 0.3 is 0 Å². The number of hydrogen-bond acceptors (Lipinski definition) is 6. The molecule has 0 amide bonds. The van der Waals surface area contributed by atoms with E-state index in [1.165, 1.54) is 0 Å². The Bertz CT molecular complexity index is 1330. The zero-order chi connectivity index (χ0) is 27.6. The van der Waals surface area contributed by atoms with Gasteiger partial charge in [-0.1, -0.05) is 45.0 Å². The molecule has 0 spiro atoms. The molecule has 7 nitrogen and oxygen atoms in total. The topological polar surface area (TPSA) is 96.0 Å². The third kappa shape index (κ3) is 7.44. The van der Waals surface area contributed by atoms with Gasteiger partial charge in [-0.3, -0.25) is 0 Å². The number of aromatic nitrogens is 2. The van der Waals surface area contributed by atoms with Crippen molar-refractivity contribution in [3.8, 4) is 0 Å². The number of rotatable bonds is 8. The number of fused-ring (bicyclic) bond motifs is 1. The summed E-state index contributed by atoms with van der Waals surface area (Å²) >= 11 is 0. The maximum atomic E-state index is 12.8. The van der Waals surface area contributed by atoms with Gasteiger partial charge < -0.3 is 10.6 Å². The van der Waals surface area contributed by atoms with Gasteiger partial charge in [-0.2, -0.15) is 4.98 Å². The van der Waals surface area contributed by atoms with Crippen LogP contribution >= 0.6 is 0 Å². The first kappa shape index (κ1) is 28.3. The number of nitrogens with zero attached hydrogens (tertiary/aromatic N) is 2. The van der Waals surface area contributed by atoms with Gasteiger partial charge in [0, 0.05) is 24.0 Å². The Hall–Kier alpha value is -2.71. The van der Waals surface area contributed by atoms with Gasteiger partial charge in [0.1, 0.15) is 5.82 Å². The Kier molecular flexibility index (Phi) is 8.33. The summed E-state index contributed by atoms with van der Waals surface area (Å²) in [6.07, 6.45) is 4.13. The van der Waals surface area contributed by atoms with E-state index in [0.29, 0.717) is 29.2 Å². The van der Waals surface area contributed by atoms with Crippen molar-refractivity contribution in [1.82, 2.24) is 14.7 Å². The van der Waals surface area contributed by atoms with Crippen molar-refractivity contribution in [3.63, 3.8) is 0 Å². The number of hydrogen-bond donors (Lipinski definition) is 3. The van der Waals surface area contributed by atoms with Gasteiger partial charge in [0.05, 0.1) is 10.4 Å². The number of benzene rings is 2. The first-order valence-corrected chi connectivity index (χ1v) is 15.2. The number of sulfonamides is 1. The fourth-order valence-electron chi connectivity index (χ4n) is 4.93. The molecule has 0 aliphatic heterocycles. The van der Waals surface area contributed by atoms with Crippen LogP contribution in [0, 0.1) is 11.8 Å². The highest BCUT2D eigenvalue weighted by atomic mass is 32.2. The molecular weight excluding hydrogens is 494 g/mol. The third-order valence-electron chi connectivity index (χ3n) is 7.20. The minimum Gasteiger partial charge on any atom is -0.365 e. The Labute approximate surface area is 228 Å². The van der Waals surface area contributed by atoms with E-state index in [1.807, 2.05) is 36.4 Å². The first-order valence-electron chi connectivity index (χ1n) is 13.7. The van der Waals surface area contributed by atoms with Crippen molar-refractivity contribution in [2.45, 2.75) is 83.1 Å². The van der Waals surface area contributed by atoms with E-state index in [1.54, 1.807) is 12.1 Å². The van der Waals surface area contributed by atoms with Crippen molar-refractivity contribution in [2.75, 3.05) is 23.7 Å². The summed E-state index contributed by atoms with van der Waals surface area (Å²) in [6.45, 7) is 14.0. The van der Waals surface area contributed by atoms with Crippen molar-refractivity contribution in [1.29, 1.82) is 0 Å². The van der Waals surface area contributed by atoms with E-state index in [4.69, 9.17) is 9.97 Å². The van der Waals surface area contributed by atoms with Crippen LogP contribution in [0.1, 0.15) is 72.8 Å². The lowest BCUT2D eigenvalue weighted by Gasteiger charge is -2.29. The Morgan fingerprint density at radius 1 is 0.816 bits per heavy atom. The zero-order valence-corrected chi connectivity index (χ0v) is 24.5. The number of anilines is 2. The molecule has 0 bridgehead atoms. The van der Waals surface area contributed by atoms with Crippen molar-refractivity contribution in [2.24, 2.45) is 11.8 Å². The molecule has 1 saturated carbocycles. The molecule has 3 N–H and O–H groups in total. The second kappa shape index (κ2) is 11.2. The minimum atomic E-state index is -3.50. The second-order valence-electron chi connectivity index (χ2n) is 12.7. The van der Waals surface area contributed by atoms with Crippen LogP contribution in [0.15, 0.2) is 53.4 Å². The lowest BCUT2D eigenvalue weighted by molar-refractivity contribution is 0.284. The van der Waals surface area contributed by atoms with Gasteiger partial charge in [0.15, 0.2) is 0 Å². The lowest BCUT2D eigenvalue weighted by Crippen LogP contribution is -2.32. The molecule has 8 heteroatoms. The monoisotopic (exact) mass is 537 g/mol. The van der Waals surface area contributed by atoms with Crippen LogP contribution in [-0.4, -0.2) is 37.0 Å². The standard InChI is InChI=1S/C30H43N5O2S/c1-29(2,3)23-15-17-24(18-16-23)38(36,37)32-20-22-13-11-21(12-14-22)19-31-28-33-26-10-8-7-9-25(26)27(34-28)35-30(4,5)6/h7-10,15-18,21-22,32H,11-14,19-20H2,1-6H3,(H2,31,33,34,35). The molecule has 0 unspecified atom stereocenters. The summed E-state index contributed by atoms with van der Waals surface area (Å²) in [5.74, 6) is 2.36. The summed E-state index contributed by atoms with van der Waals surface area (Å²) in [4.78, 5) is 9.84. The third-order valence-corrected chi connectivity index (χ3v) is 8.64. The summed E-state index contributed by atoms with van der Waals surface area (Å²) in [6, 6.07) is 15.3. The molecule has 1 fully saturated rings. The molecule has 1 heterocycles. The molecule has 0 saturated heterocycles. The molecule has 38 heavy (non-hydrogen) atoms. The van der Waals surface area contributed by atoms with Crippen LogP contribution in [-0.2, 0) is 15.4 Å². The molecule has 2 aromatic carbocycles. The van der Waals surface area contributed by atoms with Crippen LogP contribution in [0.25, 0.3) is 10.9 Å². The molecule has 4 rings (SSSR count). The molecule has 0 radical (unpaired) electrons. The fraction of sp³-hybridized carbons (Fsp3) is 0.533. The second-order valence-corrected chi connectivity index (χ2v) is 14.4. The van der Waals surface area contributed by atoms with E-state index in [2.05, 4.69) is 56.9 Å². The Morgan fingerprint density at radius 2 is 1.42 bits per heavy atom. The van der Waals surface area contributed by atoms with Crippen LogP contribution in [0.5, 0.6) is 0 Å². The molecule has 1 aliphatic rings. The van der Waals surface area contributed by atoms with E-state index in [-0.39, 0.29) is 11.0 Å². The molecular formula is C30H43N5O2S. The lowest BCUT2D eigenvalue weighted by atomic mass is 9.82. The van der Waals surface area contributed by atoms with Crippen molar-refractivity contribution >= 4 is 32.7 Å². The molecule has 1 aliphatic carbocycles. The maximum Gasteiger partial charge on any atom is 0.240 e. The summed E-state index contributed by atoms with van der Waals surface area (Å²) < 4.78 is 28.5. The molecule has 3 aromatic rings. The van der Waals surface area contributed by atoms with Crippen LogP contribution < -0.4 is 15.4 Å². The van der Waals surface area contributed by atoms with Gasteiger partial charge in [-0.15, -0.1) is 0 Å². The zero-order valence-electron chi connectivity index (χ0n) is 23.6. The highest BCUT2D eigenvalue weighted by Gasteiger charge is 2.24. The molecule has 1 aromatic heterocycles. The predicted molar refractivity (Wildman–Crippen MR) is 157 cm³/mol. The Balaban J connectivity index is 1.29. The normalized spacial score (nSPS) is 18.9. The van der Waals surface area contributed by atoms with E-state index >= 15 is 0 Å². The maximum absolute atomic E-state index is 12.8. The van der Waals surface area contributed by atoms with Crippen LogP contribution in [0.4, 0.5) is 11.8 Å². The highest BCUT2D eigenvalue weighted by Crippen LogP contribution is 2.30. The van der Waals surface area contributed by atoms with Gasteiger partial charge in [-0.25, -0.2) is 18.1 Å². The highest BCUT2D eigenvalue weighted by molar-refractivity contribution is 7.89. The Morgan fingerprint density at radius 3 is 2.03 bits per heavy atom. The number of para-hydroxylation sites is 1. The average molecular weight is 538 g/mol. The number of nitrogens with one attached hydrogen (secondary N) is 3.